The van der Waals surface area contributed by atoms with E-state index >= 15 is 0 Å². The highest BCUT2D eigenvalue weighted by atomic mass is 35.5. The van der Waals surface area contributed by atoms with Crippen molar-refractivity contribution < 1.29 is 4.79 Å². The normalized spacial score (nSPS) is 18.1. The molecule has 0 aromatic heterocycles. The maximum atomic E-state index is 11.7. The first-order chi connectivity index (χ1) is 8.36. The van der Waals surface area contributed by atoms with Crippen LogP contribution in [0, 0.1) is 0 Å². The third kappa shape index (κ3) is 5.10. The second-order valence-electron chi connectivity index (χ2n) is 3.72. The molecule has 0 radical (unpaired) electrons. The predicted octanol–water partition coefficient (Wildman–Crippen LogP) is 1.98. The molecule has 1 saturated heterocycles. The van der Waals surface area contributed by atoms with Gasteiger partial charge in [-0.25, -0.2) is 0 Å². The number of hydrogen-bond acceptors (Lipinski definition) is 4. The minimum absolute atomic E-state index is 0. The Bertz CT molecular complexity index is 358. The molecule has 3 nitrogen and oxygen atoms in total. The highest BCUT2D eigenvalue weighted by Crippen LogP contribution is 2.15. The van der Waals surface area contributed by atoms with Crippen LogP contribution in [0.15, 0.2) is 35.2 Å². The molecule has 1 aromatic rings. The molecule has 0 bridgehead atoms. The molecular weight excluding hydrogens is 288 g/mol. The number of amides is 1. The summed E-state index contributed by atoms with van der Waals surface area (Å²) in [6.45, 7) is 0.723. The Balaban J connectivity index is 0.00000162. The molecule has 0 saturated carbocycles. The minimum atomic E-state index is 0. The van der Waals surface area contributed by atoms with E-state index in [1.54, 1.807) is 23.5 Å². The number of nitrogens with one attached hydrogen (secondary N) is 2. The highest BCUT2D eigenvalue weighted by molar-refractivity contribution is 7.99. The van der Waals surface area contributed by atoms with Gasteiger partial charge in [0.1, 0.15) is 0 Å². The van der Waals surface area contributed by atoms with Crippen LogP contribution < -0.4 is 10.6 Å². The predicted molar refractivity (Wildman–Crippen MR) is 81.7 cm³/mol. The molecule has 0 aliphatic carbocycles. The zero-order valence-electron chi connectivity index (χ0n) is 9.93. The second-order valence-corrected chi connectivity index (χ2v) is 5.92. The van der Waals surface area contributed by atoms with Gasteiger partial charge in [-0.15, -0.1) is 35.9 Å². The van der Waals surface area contributed by atoms with Crippen molar-refractivity contribution in [1.29, 1.82) is 0 Å². The Morgan fingerprint density at radius 3 is 2.89 bits per heavy atom. The zero-order chi connectivity index (χ0) is 11.9. The van der Waals surface area contributed by atoms with Crippen LogP contribution in [-0.4, -0.2) is 35.9 Å². The van der Waals surface area contributed by atoms with Crippen molar-refractivity contribution in [3.05, 3.63) is 30.3 Å². The Labute approximate surface area is 122 Å². The molecule has 1 fully saturated rings. The topological polar surface area (TPSA) is 41.1 Å². The van der Waals surface area contributed by atoms with E-state index < -0.39 is 0 Å². The third-order valence-corrected chi connectivity index (χ3v) is 4.40. The van der Waals surface area contributed by atoms with Gasteiger partial charge in [-0.05, 0) is 12.1 Å². The molecule has 1 unspecified atom stereocenters. The van der Waals surface area contributed by atoms with Gasteiger partial charge in [0, 0.05) is 28.8 Å². The fourth-order valence-corrected chi connectivity index (χ4v) is 3.28. The van der Waals surface area contributed by atoms with Gasteiger partial charge in [-0.1, -0.05) is 18.2 Å². The Kier molecular flexibility index (Phi) is 7.58. The lowest BCUT2D eigenvalue weighted by Crippen LogP contribution is -2.42. The lowest BCUT2D eigenvalue weighted by molar-refractivity contribution is -0.122. The van der Waals surface area contributed by atoms with Crippen molar-refractivity contribution >= 4 is 41.8 Å². The van der Waals surface area contributed by atoms with E-state index in [0.717, 1.165) is 23.9 Å². The van der Waals surface area contributed by atoms with Gasteiger partial charge in [-0.3, -0.25) is 10.1 Å². The number of hydrogen-bond donors (Lipinski definition) is 2. The van der Waals surface area contributed by atoms with E-state index in [1.807, 2.05) is 18.2 Å². The standard InChI is InChI=1S/C12H16N2OS2.ClH/c15-12(11-8-16-9-14-11)13-6-7-17-10-4-2-1-3-5-10;/h1-5,11,14H,6-9H2,(H,13,15);1H. The molecular formula is C12H17ClN2OS2. The van der Waals surface area contributed by atoms with E-state index in [-0.39, 0.29) is 24.4 Å². The number of thioether (sulfide) groups is 2. The number of rotatable bonds is 5. The number of carbonyl (C=O) groups excluding carboxylic acids is 1. The van der Waals surface area contributed by atoms with Crippen molar-refractivity contribution in [2.75, 3.05) is 23.9 Å². The largest absolute Gasteiger partial charge is 0.354 e. The van der Waals surface area contributed by atoms with Gasteiger partial charge >= 0.3 is 0 Å². The van der Waals surface area contributed by atoms with E-state index in [1.165, 1.54) is 4.90 Å². The Morgan fingerprint density at radius 2 is 2.22 bits per heavy atom. The first-order valence-corrected chi connectivity index (χ1v) is 7.77. The van der Waals surface area contributed by atoms with E-state index in [2.05, 4.69) is 22.8 Å². The lowest BCUT2D eigenvalue weighted by atomic mass is 10.3. The molecule has 1 aromatic carbocycles. The smallest absolute Gasteiger partial charge is 0.238 e. The molecule has 1 amide bonds. The quantitative estimate of drug-likeness (QED) is 0.645. The average Bonchev–Trinajstić information content (AvgIpc) is 2.89. The summed E-state index contributed by atoms with van der Waals surface area (Å²) in [5.74, 6) is 2.81. The summed E-state index contributed by atoms with van der Waals surface area (Å²) in [5.41, 5.74) is 0. The van der Waals surface area contributed by atoms with Gasteiger partial charge in [0.05, 0.1) is 6.04 Å². The van der Waals surface area contributed by atoms with E-state index in [9.17, 15) is 4.79 Å². The maximum absolute atomic E-state index is 11.7. The maximum Gasteiger partial charge on any atom is 0.238 e. The molecule has 100 valence electrons. The summed E-state index contributed by atoms with van der Waals surface area (Å²) < 4.78 is 0. The van der Waals surface area contributed by atoms with Crippen LogP contribution in [0.4, 0.5) is 0 Å². The summed E-state index contributed by atoms with van der Waals surface area (Å²) in [6, 6.07) is 10.2. The number of halogens is 1. The molecule has 1 heterocycles. The Hall–Kier alpha value is -0.360. The first-order valence-electron chi connectivity index (χ1n) is 5.63. The van der Waals surface area contributed by atoms with Crippen LogP contribution >= 0.6 is 35.9 Å². The summed E-state index contributed by atoms with van der Waals surface area (Å²) in [4.78, 5) is 12.9. The highest BCUT2D eigenvalue weighted by Gasteiger charge is 2.21. The lowest BCUT2D eigenvalue weighted by Gasteiger charge is -2.10. The van der Waals surface area contributed by atoms with Crippen molar-refractivity contribution in [2.45, 2.75) is 10.9 Å². The van der Waals surface area contributed by atoms with Crippen molar-refractivity contribution in [1.82, 2.24) is 10.6 Å². The third-order valence-electron chi connectivity index (χ3n) is 2.45. The van der Waals surface area contributed by atoms with Gasteiger partial charge < -0.3 is 5.32 Å². The van der Waals surface area contributed by atoms with Crippen LogP contribution in [-0.2, 0) is 4.79 Å². The van der Waals surface area contributed by atoms with Crippen molar-refractivity contribution in [2.24, 2.45) is 0 Å². The second kappa shape index (κ2) is 8.69. The summed E-state index contributed by atoms with van der Waals surface area (Å²) in [7, 11) is 0. The van der Waals surface area contributed by atoms with Gasteiger partial charge in [0.15, 0.2) is 0 Å². The average molecular weight is 305 g/mol. The molecule has 6 heteroatoms. The fourth-order valence-electron chi connectivity index (χ4n) is 1.55. The van der Waals surface area contributed by atoms with E-state index in [4.69, 9.17) is 0 Å². The molecule has 1 aliphatic heterocycles. The monoisotopic (exact) mass is 304 g/mol. The summed E-state index contributed by atoms with van der Waals surface area (Å²) in [6.07, 6.45) is 0. The van der Waals surface area contributed by atoms with Crippen LogP contribution in [0.1, 0.15) is 0 Å². The fraction of sp³-hybridized carbons (Fsp3) is 0.417. The van der Waals surface area contributed by atoms with Crippen LogP contribution in [0.5, 0.6) is 0 Å². The molecule has 1 aliphatic rings. The van der Waals surface area contributed by atoms with Crippen LogP contribution in [0.2, 0.25) is 0 Å². The molecule has 2 rings (SSSR count). The Morgan fingerprint density at radius 1 is 1.44 bits per heavy atom. The summed E-state index contributed by atoms with van der Waals surface area (Å²) >= 11 is 3.53. The molecule has 2 N–H and O–H groups in total. The van der Waals surface area contributed by atoms with Crippen molar-refractivity contribution in [3.8, 4) is 0 Å². The van der Waals surface area contributed by atoms with Gasteiger partial charge in [-0.2, -0.15) is 0 Å². The van der Waals surface area contributed by atoms with Gasteiger partial charge in [0.2, 0.25) is 5.91 Å². The zero-order valence-corrected chi connectivity index (χ0v) is 12.4. The molecule has 0 spiro atoms. The van der Waals surface area contributed by atoms with Crippen LogP contribution in [0.25, 0.3) is 0 Å². The van der Waals surface area contributed by atoms with Crippen molar-refractivity contribution in [3.63, 3.8) is 0 Å². The summed E-state index contributed by atoms with van der Waals surface area (Å²) in [5, 5.41) is 6.12. The van der Waals surface area contributed by atoms with E-state index in [0.29, 0.717) is 0 Å². The molecule has 18 heavy (non-hydrogen) atoms. The first kappa shape index (κ1) is 15.7. The van der Waals surface area contributed by atoms with Gasteiger partial charge in [0.25, 0.3) is 0 Å². The number of carbonyl (C=O) groups is 1. The minimum Gasteiger partial charge on any atom is -0.354 e. The number of benzene rings is 1. The molecule has 1 atom stereocenters. The van der Waals surface area contributed by atoms with Crippen LogP contribution in [0.3, 0.4) is 0 Å². The SMILES string of the molecule is Cl.O=C(NCCSc1ccccc1)C1CSCN1.